The third-order valence-corrected chi connectivity index (χ3v) is 1.87. The van der Waals surface area contributed by atoms with Crippen LogP contribution in [0.25, 0.3) is 0 Å². The van der Waals surface area contributed by atoms with Crippen molar-refractivity contribution in [2.75, 3.05) is 0 Å². The number of aromatic amines is 1. The Morgan fingerprint density at radius 2 is 1.86 bits per heavy atom. The molecular weight excluding hydrogens is 180 g/mol. The molecule has 1 N–H and O–H groups in total. The fraction of sp³-hybridized carbons (Fsp3) is 0. The lowest BCUT2D eigenvalue weighted by molar-refractivity contribution is 0.0941. The number of aromatic nitrogens is 2. The predicted molar refractivity (Wildman–Crippen MR) is 51.2 cm³/mol. The fourth-order valence-electron chi connectivity index (χ4n) is 1.19. The predicted octanol–water partition coefficient (Wildman–Crippen LogP) is 0.865. The summed E-state index contributed by atoms with van der Waals surface area (Å²) >= 11 is 0. The van der Waals surface area contributed by atoms with E-state index in [1.165, 1.54) is 12.3 Å². The number of nitrogens with zero attached hydrogens (tertiary/aromatic N) is 1. The lowest BCUT2D eigenvalue weighted by Gasteiger charge is -1.98. The summed E-state index contributed by atoms with van der Waals surface area (Å²) in [5, 5.41) is 2.56. The lowest BCUT2D eigenvalue weighted by Crippen LogP contribution is -2.24. The molecule has 1 heterocycles. The minimum absolute atomic E-state index is 0.347. The third-order valence-electron chi connectivity index (χ3n) is 1.87. The van der Waals surface area contributed by atoms with Crippen molar-refractivity contribution in [3.05, 3.63) is 58.5 Å². The summed E-state index contributed by atoms with van der Waals surface area (Å²) in [6.45, 7) is 0. The summed E-state index contributed by atoms with van der Waals surface area (Å²) in [5.41, 5.74) is 0.135. The van der Waals surface area contributed by atoms with Gasteiger partial charge in [0.25, 0.3) is 11.5 Å². The van der Waals surface area contributed by atoms with Gasteiger partial charge in [-0.25, -0.2) is 0 Å². The third kappa shape index (κ3) is 1.37. The Hall–Kier alpha value is -2.10. The van der Waals surface area contributed by atoms with Gasteiger partial charge in [-0.2, -0.15) is 4.68 Å². The van der Waals surface area contributed by atoms with E-state index in [-0.39, 0.29) is 11.5 Å². The van der Waals surface area contributed by atoms with Crippen molar-refractivity contribution < 1.29 is 4.79 Å². The van der Waals surface area contributed by atoms with Gasteiger partial charge in [-0.15, -0.1) is 0 Å². The van der Waals surface area contributed by atoms with Crippen molar-refractivity contribution in [3.8, 4) is 0 Å². The van der Waals surface area contributed by atoms with Gasteiger partial charge in [-0.1, -0.05) is 18.2 Å². The summed E-state index contributed by atoms with van der Waals surface area (Å²) in [6.07, 6.45) is 1.43. The zero-order valence-electron chi connectivity index (χ0n) is 7.31. The van der Waals surface area contributed by atoms with E-state index in [2.05, 4.69) is 5.10 Å². The number of hydrogen-bond acceptors (Lipinski definition) is 2. The van der Waals surface area contributed by atoms with Crippen molar-refractivity contribution in [1.82, 2.24) is 9.78 Å². The van der Waals surface area contributed by atoms with Gasteiger partial charge >= 0.3 is 0 Å². The van der Waals surface area contributed by atoms with Crippen LogP contribution in [0, 0.1) is 0 Å². The second kappa shape index (κ2) is 3.33. The van der Waals surface area contributed by atoms with Gasteiger partial charge in [-0.05, 0) is 12.1 Å². The molecule has 0 unspecified atom stereocenters. The SMILES string of the molecule is O=C(c1ccccc1)n1[nH]ccc1=O. The van der Waals surface area contributed by atoms with Crippen LogP contribution >= 0.6 is 0 Å². The lowest BCUT2D eigenvalue weighted by atomic mass is 10.2. The van der Waals surface area contributed by atoms with Crippen LogP contribution in [0.2, 0.25) is 0 Å². The van der Waals surface area contributed by atoms with Crippen LogP contribution in [0.4, 0.5) is 0 Å². The molecule has 0 spiro atoms. The van der Waals surface area contributed by atoms with E-state index in [0.717, 1.165) is 4.68 Å². The minimum atomic E-state index is -0.348. The first kappa shape index (κ1) is 8.50. The Balaban J connectivity index is 2.44. The van der Waals surface area contributed by atoms with E-state index in [9.17, 15) is 9.59 Å². The maximum absolute atomic E-state index is 11.7. The monoisotopic (exact) mass is 188 g/mol. The van der Waals surface area contributed by atoms with E-state index in [1.807, 2.05) is 6.07 Å². The van der Waals surface area contributed by atoms with Crippen molar-refractivity contribution in [1.29, 1.82) is 0 Å². The normalized spacial score (nSPS) is 10.0. The molecule has 0 saturated carbocycles. The van der Waals surface area contributed by atoms with Crippen molar-refractivity contribution >= 4 is 5.91 Å². The molecule has 0 aliphatic carbocycles. The average Bonchev–Trinajstić information content (AvgIpc) is 2.65. The summed E-state index contributed by atoms with van der Waals surface area (Å²) in [5.74, 6) is -0.347. The van der Waals surface area contributed by atoms with E-state index in [0.29, 0.717) is 5.56 Å². The molecule has 4 nitrogen and oxygen atoms in total. The highest BCUT2D eigenvalue weighted by Crippen LogP contribution is 1.99. The first-order valence-corrected chi connectivity index (χ1v) is 4.15. The average molecular weight is 188 g/mol. The summed E-state index contributed by atoms with van der Waals surface area (Å²) < 4.78 is 0.968. The number of hydrogen-bond donors (Lipinski definition) is 1. The molecule has 0 saturated heterocycles. The standard InChI is InChI=1S/C10H8N2O2/c13-9-6-7-11-12(9)10(14)8-4-2-1-3-5-8/h1-7,11H. The van der Waals surface area contributed by atoms with Crippen LogP contribution in [-0.4, -0.2) is 15.7 Å². The highest BCUT2D eigenvalue weighted by Gasteiger charge is 2.08. The molecule has 14 heavy (non-hydrogen) atoms. The van der Waals surface area contributed by atoms with Gasteiger partial charge in [-0.3, -0.25) is 14.7 Å². The molecule has 2 rings (SSSR count). The number of carbonyl (C=O) groups excluding carboxylic acids is 1. The summed E-state index contributed by atoms with van der Waals surface area (Å²) in [7, 11) is 0. The molecule has 2 aromatic rings. The van der Waals surface area contributed by atoms with Gasteiger partial charge in [0.2, 0.25) is 0 Å². The zero-order valence-corrected chi connectivity index (χ0v) is 7.31. The zero-order chi connectivity index (χ0) is 9.97. The molecule has 1 aromatic carbocycles. The molecule has 1 aromatic heterocycles. The van der Waals surface area contributed by atoms with Crippen molar-refractivity contribution in [2.45, 2.75) is 0 Å². The number of H-pyrrole nitrogens is 1. The van der Waals surface area contributed by atoms with E-state index >= 15 is 0 Å². The largest absolute Gasteiger partial charge is 0.295 e. The minimum Gasteiger partial charge on any atom is -0.295 e. The highest BCUT2D eigenvalue weighted by molar-refractivity contribution is 5.95. The van der Waals surface area contributed by atoms with Gasteiger partial charge in [0.15, 0.2) is 0 Å². The molecule has 0 bridgehead atoms. The number of rotatable bonds is 1. The van der Waals surface area contributed by atoms with Crippen molar-refractivity contribution in [3.63, 3.8) is 0 Å². The van der Waals surface area contributed by atoms with Crippen molar-refractivity contribution in [2.24, 2.45) is 0 Å². The second-order valence-electron chi connectivity index (χ2n) is 2.81. The second-order valence-corrected chi connectivity index (χ2v) is 2.81. The van der Waals surface area contributed by atoms with Crippen LogP contribution in [0.1, 0.15) is 10.4 Å². The molecular formula is C10H8N2O2. The molecule has 0 fully saturated rings. The van der Waals surface area contributed by atoms with Gasteiger partial charge < -0.3 is 0 Å². The Morgan fingerprint density at radius 3 is 2.43 bits per heavy atom. The fourth-order valence-corrected chi connectivity index (χ4v) is 1.19. The van der Waals surface area contributed by atoms with E-state index in [4.69, 9.17) is 0 Å². The molecule has 0 radical (unpaired) electrons. The van der Waals surface area contributed by atoms with E-state index in [1.54, 1.807) is 24.3 Å². The van der Waals surface area contributed by atoms with Crippen LogP contribution in [0.3, 0.4) is 0 Å². The number of benzene rings is 1. The quantitative estimate of drug-likeness (QED) is 0.721. The molecule has 0 atom stereocenters. The molecule has 0 aliphatic heterocycles. The maximum atomic E-state index is 11.7. The van der Waals surface area contributed by atoms with Gasteiger partial charge in [0, 0.05) is 17.8 Å². The van der Waals surface area contributed by atoms with Crippen LogP contribution in [-0.2, 0) is 0 Å². The van der Waals surface area contributed by atoms with E-state index < -0.39 is 0 Å². The number of carbonyl (C=O) groups is 1. The molecule has 4 heteroatoms. The first-order chi connectivity index (χ1) is 6.79. The summed E-state index contributed by atoms with van der Waals surface area (Å²) in [6, 6.07) is 9.95. The van der Waals surface area contributed by atoms with Gasteiger partial charge in [0.1, 0.15) is 0 Å². The molecule has 70 valence electrons. The smallest absolute Gasteiger partial charge is 0.279 e. The van der Waals surface area contributed by atoms with Gasteiger partial charge in [0.05, 0.1) is 0 Å². The highest BCUT2D eigenvalue weighted by atomic mass is 16.2. The molecule has 0 amide bonds. The first-order valence-electron chi connectivity index (χ1n) is 4.15. The van der Waals surface area contributed by atoms with Crippen LogP contribution in [0.15, 0.2) is 47.4 Å². The Labute approximate surface area is 79.8 Å². The van der Waals surface area contributed by atoms with Crippen LogP contribution < -0.4 is 5.56 Å². The topological polar surface area (TPSA) is 54.9 Å². The maximum Gasteiger partial charge on any atom is 0.279 e. The summed E-state index contributed by atoms with van der Waals surface area (Å²) in [4.78, 5) is 22.8. The molecule has 0 aliphatic rings. The number of nitrogens with one attached hydrogen (secondary N) is 1. The Bertz CT molecular complexity index is 496. The van der Waals surface area contributed by atoms with Crippen LogP contribution in [0.5, 0.6) is 0 Å². The Morgan fingerprint density at radius 1 is 1.14 bits per heavy atom. The Kier molecular flexibility index (Phi) is 2.02.